The van der Waals surface area contributed by atoms with E-state index in [-0.39, 0.29) is 12.3 Å². The third-order valence-electron chi connectivity index (χ3n) is 2.84. The van der Waals surface area contributed by atoms with Crippen molar-refractivity contribution in [2.45, 2.75) is 27.4 Å². The minimum Gasteiger partial charge on any atom is -0.486 e. The van der Waals surface area contributed by atoms with E-state index in [0.717, 1.165) is 17.2 Å². The molecule has 0 saturated heterocycles. The Bertz CT molecular complexity index is 657. The van der Waals surface area contributed by atoms with Crippen LogP contribution in [0.3, 0.4) is 0 Å². The molecule has 0 fully saturated rings. The van der Waals surface area contributed by atoms with Crippen LogP contribution in [0.4, 0.5) is 10.8 Å². The van der Waals surface area contributed by atoms with Gasteiger partial charge in [0.1, 0.15) is 12.4 Å². The number of nitrogens with one attached hydrogen (secondary N) is 1. The van der Waals surface area contributed by atoms with Gasteiger partial charge in [-0.3, -0.25) is 10.1 Å². The highest BCUT2D eigenvalue weighted by atomic mass is 32.1. The first-order valence-corrected chi connectivity index (χ1v) is 7.27. The van der Waals surface area contributed by atoms with Crippen LogP contribution < -0.4 is 10.1 Å². The summed E-state index contributed by atoms with van der Waals surface area (Å²) in [6, 6.07) is 3.20. The molecule has 0 aliphatic rings. The first kappa shape index (κ1) is 15.2. The fourth-order valence-corrected chi connectivity index (χ4v) is 2.57. The summed E-state index contributed by atoms with van der Waals surface area (Å²) in [4.78, 5) is 10.5. The number of aryl methyl sites for hydroxylation is 2. The first-order chi connectivity index (χ1) is 10.0. The van der Waals surface area contributed by atoms with E-state index in [1.807, 2.05) is 13.8 Å². The summed E-state index contributed by atoms with van der Waals surface area (Å²) in [5, 5.41) is 23.5. The number of nitrogens with zero attached hydrogens (tertiary/aromatic N) is 3. The number of ether oxygens (including phenoxy) is 1. The molecule has 0 unspecified atom stereocenters. The van der Waals surface area contributed by atoms with Crippen LogP contribution in [0.25, 0.3) is 0 Å². The van der Waals surface area contributed by atoms with Gasteiger partial charge in [0.05, 0.1) is 11.0 Å². The Morgan fingerprint density at radius 2 is 2.10 bits per heavy atom. The maximum atomic E-state index is 11.0. The van der Waals surface area contributed by atoms with Gasteiger partial charge in [-0.15, -0.1) is 10.2 Å². The number of hydrogen-bond donors (Lipinski definition) is 1. The van der Waals surface area contributed by atoms with Crippen molar-refractivity contribution >= 4 is 22.2 Å². The molecule has 2 aromatic rings. The molecule has 0 spiro atoms. The van der Waals surface area contributed by atoms with E-state index in [1.165, 1.54) is 17.4 Å². The van der Waals surface area contributed by atoms with Gasteiger partial charge >= 0.3 is 0 Å². The highest BCUT2D eigenvalue weighted by molar-refractivity contribution is 7.15. The van der Waals surface area contributed by atoms with Crippen molar-refractivity contribution in [2.24, 2.45) is 0 Å². The van der Waals surface area contributed by atoms with Gasteiger partial charge in [0, 0.05) is 12.1 Å². The van der Waals surface area contributed by atoms with Crippen LogP contribution in [-0.2, 0) is 6.61 Å². The van der Waals surface area contributed by atoms with Gasteiger partial charge in [-0.2, -0.15) is 0 Å². The molecule has 1 heterocycles. The van der Waals surface area contributed by atoms with Crippen molar-refractivity contribution in [3.63, 3.8) is 0 Å². The van der Waals surface area contributed by atoms with Crippen molar-refractivity contribution in [3.05, 3.63) is 38.4 Å². The van der Waals surface area contributed by atoms with Crippen molar-refractivity contribution in [1.29, 1.82) is 0 Å². The molecule has 2 rings (SSSR count). The minimum absolute atomic E-state index is 0.0567. The van der Waals surface area contributed by atoms with Gasteiger partial charge < -0.3 is 10.1 Å². The smallest absolute Gasteiger partial charge is 0.276 e. The van der Waals surface area contributed by atoms with E-state index in [9.17, 15) is 10.1 Å². The summed E-state index contributed by atoms with van der Waals surface area (Å²) < 4.78 is 5.64. The number of anilines is 1. The van der Waals surface area contributed by atoms with E-state index in [1.54, 1.807) is 13.0 Å². The van der Waals surface area contributed by atoms with Crippen LogP contribution in [0.5, 0.6) is 5.75 Å². The lowest BCUT2D eigenvalue weighted by molar-refractivity contribution is -0.385. The summed E-state index contributed by atoms with van der Waals surface area (Å²) in [5.74, 6) is 0.493. The van der Waals surface area contributed by atoms with Crippen molar-refractivity contribution < 1.29 is 9.66 Å². The zero-order valence-corrected chi connectivity index (χ0v) is 12.9. The van der Waals surface area contributed by atoms with Gasteiger partial charge in [-0.05, 0) is 32.4 Å². The largest absolute Gasteiger partial charge is 0.486 e. The average molecular weight is 308 g/mol. The fourth-order valence-electron chi connectivity index (χ4n) is 1.85. The fraction of sp³-hybridized carbons (Fsp3) is 0.385. The van der Waals surface area contributed by atoms with Crippen LogP contribution in [0.1, 0.15) is 23.1 Å². The minimum atomic E-state index is -0.407. The Hall–Kier alpha value is -2.22. The molecule has 21 heavy (non-hydrogen) atoms. The summed E-state index contributed by atoms with van der Waals surface area (Å²) in [7, 11) is 0. The molecular formula is C13H16N4O3S. The lowest BCUT2D eigenvalue weighted by Gasteiger charge is -2.08. The second kappa shape index (κ2) is 6.49. The molecule has 0 atom stereocenters. The molecule has 7 nitrogen and oxygen atoms in total. The number of nitro benzene ring substituents is 1. The molecule has 0 aliphatic carbocycles. The highest BCUT2D eigenvalue weighted by Gasteiger charge is 2.15. The molecule has 1 aromatic heterocycles. The third-order valence-corrected chi connectivity index (χ3v) is 3.69. The van der Waals surface area contributed by atoms with Crippen molar-refractivity contribution in [2.75, 3.05) is 11.9 Å². The average Bonchev–Trinajstić information content (AvgIpc) is 2.85. The second-order valence-corrected chi connectivity index (χ2v) is 5.54. The molecular weight excluding hydrogens is 292 g/mol. The van der Waals surface area contributed by atoms with E-state index in [2.05, 4.69) is 15.5 Å². The van der Waals surface area contributed by atoms with Crippen LogP contribution in [0.2, 0.25) is 0 Å². The molecule has 0 saturated carbocycles. The monoisotopic (exact) mass is 308 g/mol. The predicted octanol–water partition coefficient (Wildman–Crippen LogP) is 3.07. The predicted molar refractivity (Wildman–Crippen MR) is 81.0 cm³/mol. The summed E-state index contributed by atoms with van der Waals surface area (Å²) in [6.07, 6.45) is 0. The van der Waals surface area contributed by atoms with Crippen LogP contribution >= 0.6 is 11.3 Å². The Labute approximate surface area is 126 Å². The molecule has 0 bridgehead atoms. The van der Waals surface area contributed by atoms with Gasteiger partial charge in [0.2, 0.25) is 5.13 Å². The first-order valence-electron chi connectivity index (χ1n) is 6.46. The number of rotatable bonds is 6. The Balaban J connectivity index is 2.11. The standard InChI is InChI=1S/C13H16N4O3S/c1-4-14-13-16-15-12(21-13)7-20-11-6-10(17(18)19)8(2)5-9(11)3/h5-6H,4,7H2,1-3H3,(H,14,16). The Morgan fingerprint density at radius 3 is 2.76 bits per heavy atom. The molecule has 1 aromatic carbocycles. The lowest BCUT2D eigenvalue weighted by Crippen LogP contribution is -1.99. The quantitative estimate of drug-likeness (QED) is 0.651. The van der Waals surface area contributed by atoms with E-state index in [4.69, 9.17) is 4.74 Å². The number of benzene rings is 1. The second-order valence-electron chi connectivity index (χ2n) is 4.48. The maximum Gasteiger partial charge on any atom is 0.276 e. The third kappa shape index (κ3) is 3.66. The van der Waals surface area contributed by atoms with E-state index < -0.39 is 4.92 Å². The van der Waals surface area contributed by atoms with E-state index >= 15 is 0 Å². The SMILES string of the molecule is CCNc1nnc(COc2cc([N+](=O)[O-])c(C)cc2C)s1. The zero-order chi connectivity index (χ0) is 15.4. The lowest BCUT2D eigenvalue weighted by atomic mass is 10.1. The zero-order valence-electron chi connectivity index (χ0n) is 12.0. The maximum absolute atomic E-state index is 11.0. The van der Waals surface area contributed by atoms with Crippen LogP contribution in [-0.4, -0.2) is 21.7 Å². The number of hydrogen-bond acceptors (Lipinski definition) is 7. The van der Waals surface area contributed by atoms with Crippen LogP contribution in [0, 0.1) is 24.0 Å². The molecule has 0 aliphatic heterocycles. The van der Waals surface area contributed by atoms with Gasteiger partial charge in [0.25, 0.3) is 5.69 Å². The Kier molecular flexibility index (Phi) is 4.69. The highest BCUT2D eigenvalue weighted by Crippen LogP contribution is 2.29. The topological polar surface area (TPSA) is 90.2 Å². The normalized spacial score (nSPS) is 10.4. The molecule has 1 N–H and O–H groups in total. The number of nitro groups is 1. The van der Waals surface area contributed by atoms with Gasteiger partial charge in [-0.25, -0.2) is 0 Å². The molecule has 0 radical (unpaired) electrons. The van der Waals surface area contributed by atoms with Crippen LogP contribution in [0.15, 0.2) is 12.1 Å². The Morgan fingerprint density at radius 1 is 1.33 bits per heavy atom. The van der Waals surface area contributed by atoms with E-state index in [0.29, 0.717) is 16.3 Å². The van der Waals surface area contributed by atoms with Crippen molar-refractivity contribution in [3.8, 4) is 5.75 Å². The number of aromatic nitrogens is 2. The molecule has 112 valence electrons. The summed E-state index contributed by atoms with van der Waals surface area (Å²) in [6.45, 7) is 6.56. The van der Waals surface area contributed by atoms with Crippen molar-refractivity contribution in [1.82, 2.24) is 10.2 Å². The van der Waals surface area contributed by atoms with Gasteiger partial charge in [-0.1, -0.05) is 11.3 Å². The summed E-state index contributed by atoms with van der Waals surface area (Å²) in [5.41, 5.74) is 1.53. The van der Waals surface area contributed by atoms with Gasteiger partial charge in [0.15, 0.2) is 5.01 Å². The molecule has 8 heteroatoms. The molecule has 0 amide bonds. The summed E-state index contributed by atoms with van der Waals surface area (Å²) >= 11 is 1.40.